The normalized spacial score (nSPS) is 21.5. The number of ether oxygens (including phenoxy) is 1. The number of nitrogens with one attached hydrogen (secondary N) is 1. The van der Waals surface area contributed by atoms with Gasteiger partial charge in [0.2, 0.25) is 5.91 Å². The molecule has 1 amide bonds. The lowest BCUT2D eigenvalue weighted by Gasteiger charge is -2.33. The Morgan fingerprint density at radius 2 is 1.75 bits per heavy atom. The summed E-state index contributed by atoms with van der Waals surface area (Å²) in [4.78, 5) is 25.2. The Morgan fingerprint density at radius 3 is 2.36 bits per heavy atom. The van der Waals surface area contributed by atoms with Crippen LogP contribution in [0.1, 0.15) is 43.4 Å². The Balaban J connectivity index is 1.77. The van der Waals surface area contributed by atoms with Crippen molar-refractivity contribution in [3.63, 3.8) is 0 Å². The molecule has 148 valence electrons. The average Bonchev–Trinajstić information content (AvgIpc) is 2.75. The number of aliphatic carboxylic acids is 1. The third-order valence-electron chi connectivity index (χ3n) is 5.69. The van der Waals surface area contributed by atoms with Gasteiger partial charge >= 0.3 is 5.97 Å². The van der Waals surface area contributed by atoms with E-state index in [1.165, 1.54) is 0 Å². The van der Waals surface area contributed by atoms with Crippen molar-refractivity contribution in [1.82, 2.24) is 5.32 Å². The molecule has 1 heterocycles. The molecule has 1 saturated heterocycles. The molecule has 3 unspecified atom stereocenters. The maximum atomic E-state index is 13.0. The smallest absolute Gasteiger partial charge is 0.315 e. The molecule has 2 N–H and O–H groups in total. The summed E-state index contributed by atoms with van der Waals surface area (Å²) in [6.45, 7) is 2.52. The van der Waals surface area contributed by atoms with Gasteiger partial charge in [-0.3, -0.25) is 9.59 Å². The molecule has 5 nitrogen and oxygen atoms in total. The maximum absolute atomic E-state index is 13.0. The van der Waals surface area contributed by atoms with Crippen LogP contribution in [0.25, 0.3) is 0 Å². The summed E-state index contributed by atoms with van der Waals surface area (Å²) >= 11 is 0. The molecule has 3 atom stereocenters. The second kappa shape index (κ2) is 9.02. The summed E-state index contributed by atoms with van der Waals surface area (Å²) in [5.41, 5.74) is 0.532. The predicted octanol–water partition coefficient (Wildman–Crippen LogP) is 3.70. The van der Waals surface area contributed by atoms with Crippen molar-refractivity contribution in [2.24, 2.45) is 5.92 Å². The zero-order valence-electron chi connectivity index (χ0n) is 16.1. The van der Waals surface area contributed by atoms with Crippen LogP contribution in [0.4, 0.5) is 0 Å². The van der Waals surface area contributed by atoms with E-state index in [2.05, 4.69) is 5.32 Å². The first-order valence-electron chi connectivity index (χ1n) is 9.81. The Bertz CT molecular complexity index is 793. The number of carbonyl (C=O) groups excluding carboxylic acids is 1. The fourth-order valence-corrected chi connectivity index (χ4v) is 3.93. The van der Waals surface area contributed by atoms with E-state index in [0.29, 0.717) is 18.6 Å². The molecule has 0 bridgehead atoms. The minimum absolute atomic E-state index is 0.0552. The van der Waals surface area contributed by atoms with Crippen molar-refractivity contribution in [3.05, 3.63) is 71.8 Å². The number of rotatable bonds is 7. The highest BCUT2D eigenvalue weighted by Gasteiger charge is 2.40. The van der Waals surface area contributed by atoms with E-state index in [9.17, 15) is 14.7 Å². The standard InChI is InChI=1S/C23H27NO4/c1-2-23(22(26)27,18-12-7-4-8-13-18)16-24-21(25)19-14-9-15-28-20(19)17-10-5-3-6-11-17/h3-8,10-13,19-20H,2,9,14-16H2,1H3,(H,24,25)(H,26,27). The van der Waals surface area contributed by atoms with E-state index in [1.54, 1.807) is 12.1 Å². The molecule has 0 saturated carbocycles. The van der Waals surface area contributed by atoms with E-state index >= 15 is 0 Å². The van der Waals surface area contributed by atoms with Gasteiger partial charge in [-0.2, -0.15) is 0 Å². The van der Waals surface area contributed by atoms with Crippen LogP contribution in [-0.2, 0) is 19.7 Å². The summed E-state index contributed by atoms with van der Waals surface area (Å²) in [5.74, 6) is -1.40. The fraction of sp³-hybridized carbons (Fsp3) is 0.391. The Morgan fingerprint density at radius 1 is 1.11 bits per heavy atom. The van der Waals surface area contributed by atoms with Crippen molar-refractivity contribution in [3.8, 4) is 0 Å². The number of carboxylic acids is 1. The van der Waals surface area contributed by atoms with Crippen LogP contribution in [0, 0.1) is 5.92 Å². The Kier molecular flexibility index (Phi) is 6.47. The molecule has 0 radical (unpaired) electrons. The predicted molar refractivity (Wildman–Crippen MR) is 107 cm³/mol. The SMILES string of the molecule is CCC(CNC(=O)C1CCCOC1c1ccccc1)(C(=O)O)c1ccccc1. The van der Waals surface area contributed by atoms with E-state index in [1.807, 2.05) is 55.5 Å². The number of amides is 1. The number of carbonyl (C=O) groups is 2. The van der Waals surface area contributed by atoms with Crippen LogP contribution in [0.2, 0.25) is 0 Å². The summed E-state index contributed by atoms with van der Waals surface area (Å²) in [5, 5.41) is 12.9. The lowest BCUT2D eigenvalue weighted by atomic mass is 9.77. The van der Waals surface area contributed by atoms with Crippen LogP contribution in [0.15, 0.2) is 60.7 Å². The third-order valence-corrected chi connectivity index (χ3v) is 5.69. The van der Waals surface area contributed by atoms with Crippen molar-refractivity contribution in [2.75, 3.05) is 13.2 Å². The molecule has 0 aromatic heterocycles. The van der Waals surface area contributed by atoms with Gasteiger partial charge in [0.05, 0.1) is 12.0 Å². The average molecular weight is 381 g/mol. The molecule has 3 rings (SSSR count). The lowest BCUT2D eigenvalue weighted by molar-refractivity contribution is -0.144. The molecule has 2 aromatic carbocycles. The van der Waals surface area contributed by atoms with Crippen molar-refractivity contribution in [2.45, 2.75) is 37.7 Å². The largest absolute Gasteiger partial charge is 0.481 e. The highest BCUT2D eigenvalue weighted by molar-refractivity contribution is 5.84. The van der Waals surface area contributed by atoms with Crippen LogP contribution in [0.5, 0.6) is 0 Å². The quantitative estimate of drug-likeness (QED) is 0.767. The van der Waals surface area contributed by atoms with E-state index in [0.717, 1.165) is 18.4 Å². The summed E-state index contributed by atoms with van der Waals surface area (Å²) in [7, 11) is 0. The first-order chi connectivity index (χ1) is 13.6. The highest BCUT2D eigenvalue weighted by Crippen LogP contribution is 2.34. The number of hydrogen-bond donors (Lipinski definition) is 2. The molecular formula is C23H27NO4. The molecule has 28 heavy (non-hydrogen) atoms. The first kappa shape index (κ1) is 20.1. The van der Waals surface area contributed by atoms with Gasteiger partial charge in [-0.1, -0.05) is 67.6 Å². The number of benzene rings is 2. The van der Waals surface area contributed by atoms with Gasteiger partial charge in [0.1, 0.15) is 5.41 Å². The second-order valence-corrected chi connectivity index (χ2v) is 7.28. The summed E-state index contributed by atoms with van der Waals surface area (Å²) in [6.07, 6.45) is 1.63. The van der Waals surface area contributed by atoms with Crippen molar-refractivity contribution < 1.29 is 19.4 Å². The van der Waals surface area contributed by atoms with Crippen LogP contribution in [-0.4, -0.2) is 30.1 Å². The van der Waals surface area contributed by atoms with Crippen LogP contribution < -0.4 is 5.32 Å². The topological polar surface area (TPSA) is 75.6 Å². The monoisotopic (exact) mass is 381 g/mol. The van der Waals surface area contributed by atoms with Crippen LogP contribution >= 0.6 is 0 Å². The first-order valence-corrected chi connectivity index (χ1v) is 9.81. The van der Waals surface area contributed by atoms with E-state index < -0.39 is 11.4 Å². The number of carboxylic acid groups (broad SMARTS) is 1. The van der Waals surface area contributed by atoms with Crippen LogP contribution in [0.3, 0.4) is 0 Å². The van der Waals surface area contributed by atoms with Crippen molar-refractivity contribution >= 4 is 11.9 Å². The minimum atomic E-state index is -1.14. The van der Waals surface area contributed by atoms with Crippen molar-refractivity contribution in [1.29, 1.82) is 0 Å². The van der Waals surface area contributed by atoms with Gasteiger partial charge < -0.3 is 15.2 Å². The second-order valence-electron chi connectivity index (χ2n) is 7.28. The highest BCUT2D eigenvalue weighted by atomic mass is 16.5. The molecule has 1 aliphatic rings. The summed E-state index contributed by atoms with van der Waals surface area (Å²) < 4.78 is 5.91. The van der Waals surface area contributed by atoms with Gasteiger partial charge in [-0.15, -0.1) is 0 Å². The van der Waals surface area contributed by atoms with Gasteiger partial charge in [0.15, 0.2) is 0 Å². The molecule has 5 heteroatoms. The van der Waals surface area contributed by atoms with Gasteiger partial charge in [-0.05, 0) is 30.4 Å². The Labute approximate surface area is 165 Å². The molecular weight excluding hydrogens is 354 g/mol. The van der Waals surface area contributed by atoms with E-state index in [-0.39, 0.29) is 24.5 Å². The zero-order valence-corrected chi connectivity index (χ0v) is 16.1. The third kappa shape index (κ3) is 4.09. The molecule has 0 aliphatic carbocycles. The minimum Gasteiger partial charge on any atom is -0.481 e. The van der Waals surface area contributed by atoms with Gasteiger partial charge in [0, 0.05) is 13.2 Å². The van der Waals surface area contributed by atoms with Gasteiger partial charge in [0.25, 0.3) is 0 Å². The molecule has 1 fully saturated rings. The fourth-order valence-electron chi connectivity index (χ4n) is 3.93. The summed E-state index contributed by atoms with van der Waals surface area (Å²) in [6, 6.07) is 18.9. The molecule has 0 spiro atoms. The Hall–Kier alpha value is -2.66. The van der Waals surface area contributed by atoms with Gasteiger partial charge in [-0.25, -0.2) is 0 Å². The zero-order chi connectivity index (χ0) is 20.0. The molecule has 2 aromatic rings. The lowest BCUT2D eigenvalue weighted by Crippen LogP contribution is -2.48. The number of hydrogen-bond acceptors (Lipinski definition) is 3. The van der Waals surface area contributed by atoms with E-state index in [4.69, 9.17) is 4.74 Å². The maximum Gasteiger partial charge on any atom is 0.315 e. The molecule has 1 aliphatic heterocycles.